The van der Waals surface area contributed by atoms with Crippen LogP contribution in [-0.2, 0) is 9.53 Å². The molecule has 5 aromatic rings. The van der Waals surface area contributed by atoms with Crippen molar-refractivity contribution in [3.8, 4) is 17.3 Å². The second-order valence-electron chi connectivity index (χ2n) is 8.89. The molecule has 0 aliphatic rings. The van der Waals surface area contributed by atoms with E-state index >= 15 is 0 Å². The molecule has 5 rings (SSSR count). The number of rotatable bonds is 8. The third kappa shape index (κ3) is 5.47. The zero-order valence-corrected chi connectivity index (χ0v) is 22.8. The average Bonchev–Trinajstić information content (AvgIpc) is 3.35. The van der Waals surface area contributed by atoms with E-state index in [0.717, 1.165) is 10.1 Å². The first-order chi connectivity index (χ1) is 19.2. The van der Waals surface area contributed by atoms with E-state index in [2.05, 4.69) is 26.0 Å². The van der Waals surface area contributed by atoms with Gasteiger partial charge in [-0.25, -0.2) is 9.78 Å². The summed E-state index contributed by atoms with van der Waals surface area (Å²) in [5.41, 5.74) is 0.288. The van der Waals surface area contributed by atoms with E-state index in [1.165, 1.54) is 18.3 Å². The molecule has 0 radical (unpaired) electrons. The Kier molecular flexibility index (Phi) is 7.43. The summed E-state index contributed by atoms with van der Waals surface area (Å²) in [7, 11) is 0. The van der Waals surface area contributed by atoms with E-state index < -0.39 is 28.7 Å². The second kappa shape index (κ2) is 11.1. The highest BCUT2D eigenvalue weighted by molar-refractivity contribution is 9.10. The molecule has 12 heteroatoms. The predicted molar refractivity (Wildman–Crippen MR) is 152 cm³/mol. The Morgan fingerprint density at radius 3 is 2.67 bits per heavy atom. The van der Waals surface area contributed by atoms with Crippen LogP contribution in [0, 0.1) is 10.1 Å². The lowest BCUT2D eigenvalue weighted by molar-refractivity contribution is -0.385. The van der Waals surface area contributed by atoms with Gasteiger partial charge in [-0.1, -0.05) is 46.3 Å². The van der Waals surface area contributed by atoms with Gasteiger partial charge in [0.1, 0.15) is 5.58 Å². The summed E-state index contributed by atoms with van der Waals surface area (Å²) in [5, 5.41) is 17.3. The molecule has 40 heavy (non-hydrogen) atoms. The van der Waals surface area contributed by atoms with E-state index in [9.17, 15) is 19.7 Å². The number of hydrogen-bond donors (Lipinski definition) is 0. The van der Waals surface area contributed by atoms with Crippen LogP contribution >= 0.6 is 15.9 Å². The Bertz CT molecular complexity index is 1830. The highest BCUT2D eigenvalue weighted by Crippen LogP contribution is 2.34. The number of nitro groups is 1. The van der Waals surface area contributed by atoms with Gasteiger partial charge in [0.15, 0.2) is 12.4 Å². The van der Waals surface area contributed by atoms with Crippen molar-refractivity contribution in [3.05, 3.63) is 97.2 Å². The number of hydrogen-bond acceptors (Lipinski definition) is 9. The van der Waals surface area contributed by atoms with Crippen LogP contribution in [0.5, 0.6) is 5.75 Å². The molecule has 0 bridgehead atoms. The maximum Gasteiger partial charge on any atom is 0.344 e. The summed E-state index contributed by atoms with van der Waals surface area (Å²) >= 11 is 3.26. The molecule has 0 saturated heterocycles. The van der Waals surface area contributed by atoms with Crippen LogP contribution in [0.15, 0.2) is 85.5 Å². The minimum absolute atomic E-state index is 0.128. The van der Waals surface area contributed by atoms with Gasteiger partial charge in [-0.3, -0.25) is 14.9 Å². The van der Waals surface area contributed by atoms with E-state index in [1.54, 1.807) is 50.2 Å². The first kappa shape index (κ1) is 26.8. The van der Waals surface area contributed by atoms with Gasteiger partial charge in [-0.05, 0) is 44.2 Å². The fraction of sp³-hybridized carbons (Fsp3) is 0.143. The van der Waals surface area contributed by atoms with Crippen LogP contribution in [0.25, 0.3) is 33.5 Å². The maximum atomic E-state index is 13.6. The Hall–Kier alpha value is -4.84. The Labute approximate surface area is 234 Å². The quantitative estimate of drug-likeness (QED) is 0.0951. The number of furan rings is 1. The van der Waals surface area contributed by atoms with Crippen LogP contribution < -0.4 is 10.3 Å². The van der Waals surface area contributed by atoms with Crippen LogP contribution in [0.4, 0.5) is 5.69 Å². The SMILES string of the molecule is CC(C)OC(=O)COc1c(C=Nn2c(-c3cc4ccccc4o3)nc3ccccc3c2=O)cc(Br)cc1[N+](=O)[O-]. The van der Waals surface area contributed by atoms with Gasteiger partial charge in [0.05, 0.1) is 28.1 Å². The molecule has 0 saturated carbocycles. The standard InChI is InChI=1S/C28H21BrN4O7/c1-16(2)39-25(34)15-38-26-18(11-19(29)13-22(26)33(36)37)14-30-32-27(24-12-17-7-3-6-10-23(17)40-24)31-21-9-5-4-8-20(21)28(32)35/h3-14,16H,15H2,1-2H3. The number of aromatic nitrogens is 2. The van der Waals surface area contributed by atoms with Crippen LogP contribution in [0.2, 0.25) is 0 Å². The predicted octanol–water partition coefficient (Wildman–Crippen LogP) is 5.69. The molecule has 0 aliphatic carbocycles. The van der Waals surface area contributed by atoms with E-state index in [0.29, 0.717) is 26.7 Å². The number of para-hydroxylation sites is 2. The number of fused-ring (bicyclic) bond motifs is 2. The highest BCUT2D eigenvalue weighted by Gasteiger charge is 2.23. The van der Waals surface area contributed by atoms with Crippen molar-refractivity contribution in [1.29, 1.82) is 0 Å². The fourth-order valence-electron chi connectivity index (χ4n) is 4.02. The minimum Gasteiger partial charge on any atom is -0.474 e. The summed E-state index contributed by atoms with van der Waals surface area (Å²) in [6.07, 6.45) is 0.839. The molecule has 0 fully saturated rings. The lowest BCUT2D eigenvalue weighted by atomic mass is 10.2. The lowest BCUT2D eigenvalue weighted by Gasteiger charge is -2.12. The Balaban J connectivity index is 1.65. The molecule has 0 amide bonds. The van der Waals surface area contributed by atoms with Gasteiger partial charge in [-0.15, -0.1) is 0 Å². The van der Waals surface area contributed by atoms with E-state index in [-0.39, 0.29) is 23.2 Å². The molecule has 11 nitrogen and oxygen atoms in total. The van der Waals surface area contributed by atoms with Gasteiger partial charge in [-0.2, -0.15) is 9.78 Å². The largest absolute Gasteiger partial charge is 0.474 e. The second-order valence-corrected chi connectivity index (χ2v) is 9.81. The number of esters is 1. The van der Waals surface area contributed by atoms with Gasteiger partial charge in [0.2, 0.25) is 11.6 Å². The molecule has 0 unspecified atom stereocenters. The maximum absolute atomic E-state index is 13.6. The molecule has 3 aromatic carbocycles. The van der Waals surface area contributed by atoms with Crippen LogP contribution in [0.1, 0.15) is 19.4 Å². The number of nitro benzene ring substituents is 1. The molecule has 0 aliphatic heterocycles. The Morgan fingerprint density at radius 2 is 1.93 bits per heavy atom. The van der Waals surface area contributed by atoms with Gasteiger partial charge in [0.25, 0.3) is 5.56 Å². The number of nitrogens with zero attached hydrogens (tertiary/aromatic N) is 4. The molecule has 0 atom stereocenters. The zero-order chi connectivity index (χ0) is 28.4. The summed E-state index contributed by atoms with van der Waals surface area (Å²) in [4.78, 5) is 41.4. The van der Waals surface area contributed by atoms with Crippen molar-refractivity contribution in [3.63, 3.8) is 0 Å². The van der Waals surface area contributed by atoms with Crippen molar-refractivity contribution in [2.24, 2.45) is 5.10 Å². The number of carbonyl (C=O) groups excluding carboxylic acids is 1. The van der Waals surface area contributed by atoms with Crippen molar-refractivity contribution in [2.75, 3.05) is 6.61 Å². The summed E-state index contributed by atoms with van der Waals surface area (Å²) in [6, 6.07) is 18.6. The van der Waals surface area contributed by atoms with Crippen molar-refractivity contribution >= 4 is 55.7 Å². The molecule has 2 aromatic heterocycles. The lowest BCUT2D eigenvalue weighted by Crippen LogP contribution is -2.21. The van der Waals surface area contributed by atoms with Gasteiger partial charge < -0.3 is 13.9 Å². The Morgan fingerprint density at radius 1 is 1.18 bits per heavy atom. The monoisotopic (exact) mass is 604 g/mol. The minimum atomic E-state index is -0.697. The molecule has 0 spiro atoms. The number of carbonyl (C=O) groups is 1. The summed E-state index contributed by atoms with van der Waals surface area (Å²) in [5.74, 6) is -0.486. The van der Waals surface area contributed by atoms with Crippen LogP contribution in [-0.4, -0.2) is 39.5 Å². The van der Waals surface area contributed by atoms with E-state index in [1.807, 2.05) is 18.2 Å². The van der Waals surface area contributed by atoms with Crippen LogP contribution in [0.3, 0.4) is 0 Å². The highest BCUT2D eigenvalue weighted by atomic mass is 79.9. The molecular weight excluding hydrogens is 584 g/mol. The third-order valence-electron chi connectivity index (χ3n) is 5.67. The van der Waals surface area contributed by atoms with Crippen molar-refractivity contribution < 1.29 is 23.6 Å². The van der Waals surface area contributed by atoms with E-state index in [4.69, 9.17) is 13.9 Å². The first-order valence-corrected chi connectivity index (χ1v) is 12.9. The summed E-state index contributed by atoms with van der Waals surface area (Å²) < 4.78 is 18.0. The number of ether oxygens (including phenoxy) is 2. The average molecular weight is 605 g/mol. The zero-order valence-electron chi connectivity index (χ0n) is 21.2. The summed E-state index contributed by atoms with van der Waals surface area (Å²) in [6.45, 7) is 2.78. The van der Waals surface area contributed by atoms with Gasteiger partial charge in [0, 0.05) is 21.5 Å². The normalized spacial score (nSPS) is 11.5. The van der Waals surface area contributed by atoms with Crippen molar-refractivity contribution in [2.45, 2.75) is 20.0 Å². The van der Waals surface area contributed by atoms with Crippen molar-refractivity contribution in [1.82, 2.24) is 9.66 Å². The molecule has 0 N–H and O–H groups in total. The number of benzene rings is 3. The third-order valence-corrected chi connectivity index (χ3v) is 6.13. The molecular formula is C28H21BrN4O7. The number of halogens is 1. The fourth-order valence-corrected chi connectivity index (χ4v) is 4.48. The first-order valence-electron chi connectivity index (χ1n) is 12.1. The van der Waals surface area contributed by atoms with Gasteiger partial charge >= 0.3 is 11.7 Å². The topological polar surface area (TPSA) is 139 Å². The molecule has 202 valence electrons. The molecule has 2 heterocycles. The smallest absolute Gasteiger partial charge is 0.344 e.